The van der Waals surface area contributed by atoms with E-state index in [1.165, 1.54) is 0 Å². The zero-order valence-corrected chi connectivity index (χ0v) is 20.0. The van der Waals surface area contributed by atoms with Gasteiger partial charge in [0.2, 0.25) is 5.82 Å². The number of nitrogens with one attached hydrogen (secondary N) is 1. The van der Waals surface area contributed by atoms with Crippen LogP contribution in [0.15, 0.2) is 41.0 Å². The fourth-order valence-electron chi connectivity index (χ4n) is 3.34. The number of ether oxygens (including phenoxy) is 3. The Bertz CT molecular complexity index is 1090. The number of hydrogen-bond donors (Lipinski definition) is 1. The maximum atomic E-state index is 12.9. The Morgan fingerprint density at radius 2 is 1.70 bits per heavy atom. The lowest BCUT2D eigenvalue weighted by molar-refractivity contribution is -0.122. The fourth-order valence-corrected chi connectivity index (χ4v) is 3.34. The summed E-state index contributed by atoms with van der Waals surface area (Å²) in [7, 11) is 0. The van der Waals surface area contributed by atoms with Crippen LogP contribution in [-0.2, 0) is 4.79 Å². The molecule has 8 nitrogen and oxygen atoms in total. The van der Waals surface area contributed by atoms with Crippen LogP contribution in [0.5, 0.6) is 17.2 Å². The number of benzene rings is 2. The van der Waals surface area contributed by atoms with Crippen molar-refractivity contribution in [2.45, 2.75) is 53.6 Å². The highest BCUT2D eigenvalue weighted by atomic mass is 16.6. The fraction of sp³-hybridized carbons (Fsp3) is 0.400. The minimum absolute atomic E-state index is 0.204. The van der Waals surface area contributed by atoms with Gasteiger partial charge in [-0.05, 0) is 79.3 Å². The molecule has 33 heavy (non-hydrogen) atoms. The maximum absolute atomic E-state index is 12.9. The Morgan fingerprint density at radius 1 is 0.970 bits per heavy atom. The van der Waals surface area contributed by atoms with E-state index in [1.54, 1.807) is 19.1 Å². The predicted molar refractivity (Wildman–Crippen MR) is 126 cm³/mol. The van der Waals surface area contributed by atoms with Crippen molar-refractivity contribution in [1.29, 1.82) is 0 Å². The molecule has 176 valence electrons. The molecule has 0 aliphatic heterocycles. The van der Waals surface area contributed by atoms with Crippen molar-refractivity contribution in [3.8, 4) is 28.5 Å². The molecule has 0 aliphatic carbocycles. The molecule has 0 bridgehead atoms. The summed E-state index contributed by atoms with van der Waals surface area (Å²) in [6.45, 7) is 12.7. The average Bonchev–Trinajstić information content (AvgIpc) is 3.23. The third-order valence-electron chi connectivity index (χ3n) is 5.01. The van der Waals surface area contributed by atoms with Gasteiger partial charge < -0.3 is 19.5 Å². The van der Waals surface area contributed by atoms with Crippen LogP contribution in [0.4, 0.5) is 5.82 Å². The van der Waals surface area contributed by atoms with E-state index in [4.69, 9.17) is 18.8 Å². The molecule has 3 aromatic rings. The van der Waals surface area contributed by atoms with Gasteiger partial charge >= 0.3 is 0 Å². The molecule has 3 rings (SSSR count). The molecular formula is C25H31N3O5. The Morgan fingerprint density at radius 3 is 2.39 bits per heavy atom. The molecule has 1 heterocycles. The van der Waals surface area contributed by atoms with Crippen LogP contribution in [0, 0.1) is 6.92 Å². The highest BCUT2D eigenvalue weighted by molar-refractivity contribution is 5.96. The van der Waals surface area contributed by atoms with Crippen LogP contribution in [-0.4, -0.2) is 35.5 Å². The number of carbonyl (C=O) groups is 1. The van der Waals surface area contributed by atoms with Crippen LogP contribution in [0.25, 0.3) is 11.3 Å². The molecule has 8 heteroatoms. The molecule has 1 aromatic heterocycles. The number of rotatable bonds is 10. The number of amides is 1. The van der Waals surface area contributed by atoms with Gasteiger partial charge in [-0.15, -0.1) is 0 Å². The van der Waals surface area contributed by atoms with E-state index in [2.05, 4.69) is 29.5 Å². The molecule has 1 amide bonds. The summed E-state index contributed by atoms with van der Waals surface area (Å²) in [4.78, 5) is 12.9. The summed E-state index contributed by atoms with van der Waals surface area (Å²) in [5.74, 6) is 2.01. The Hall–Kier alpha value is -3.55. The third kappa shape index (κ3) is 5.83. The lowest BCUT2D eigenvalue weighted by Gasteiger charge is -2.19. The van der Waals surface area contributed by atoms with Gasteiger partial charge in [-0.1, -0.05) is 26.0 Å². The topological polar surface area (TPSA) is 95.7 Å². The zero-order valence-electron chi connectivity index (χ0n) is 20.0. The number of nitrogens with zero attached hydrogens (tertiary/aromatic N) is 2. The van der Waals surface area contributed by atoms with Gasteiger partial charge in [0.1, 0.15) is 5.75 Å². The molecule has 0 aliphatic rings. The van der Waals surface area contributed by atoms with Crippen LogP contribution in [0.2, 0.25) is 0 Å². The number of anilines is 1. The quantitative estimate of drug-likeness (QED) is 0.441. The molecule has 0 spiro atoms. The Kier molecular flexibility index (Phi) is 7.92. The normalized spacial score (nSPS) is 11.8. The van der Waals surface area contributed by atoms with Crippen LogP contribution in [0.1, 0.15) is 51.7 Å². The SMILES string of the molecule is CCOc1ccc(-c2nonc2NC(=O)C(C)Oc2cc(C)ccc2C(C)C)cc1OCC. The Balaban J connectivity index is 1.79. The third-order valence-corrected chi connectivity index (χ3v) is 5.01. The van der Waals surface area contributed by atoms with E-state index in [0.29, 0.717) is 41.7 Å². The first-order chi connectivity index (χ1) is 15.8. The second-order valence-corrected chi connectivity index (χ2v) is 7.93. The van der Waals surface area contributed by atoms with Gasteiger partial charge in [0.15, 0.2) is 23.3 Å². The highest BCUT2D eigenvalue weighted by Crippen LogP contribution is 2.34. The molecule has 0 saturated carbocycles. The first-order valence-corrected chi connectivity index (χ1v) is 11.1. The minimum Gasteiger partial charge on any atom is -0.490 e. The highest BCUT2D eigenvalue weighted by Gasteiger charge is 2.22. The van der Waals surface area contributed by atoms with Gasteiger partial charge in [-0.25, -0.2) is 4.63 Å². The van der Waals surface area contributed by atoms with Crippen molar-refractivity contribution in [3.63, 3.8) is 0 Å². The van der Waals surface area contributed by atoms with E-state index in [0.717, 1.165) is 11.1 Å². The number of hydrogen-bond acceptors (Lipinski definition) is 7. The van der Waals surface area contributed by atoms with E-state index < -0.39 is 6.10 Å². The monoisotopic (exact) mass is 453 g/mol. The van der Waals surface area contributed by atoms with E-state index in [1.807, 2.05) is 45.0 Å². The number of carbonyl (C=O) groups excluding carboxylic acids is 1. The number of aryl methyl sites for hydroxylation is 1. The minimum atomic E-state index is -0.756. The van der Waals surface area contributed by atoms with Gasteiger partial charge in [-0.2, -0.15) is 0 Å². The van der Waals surface area contributed by atoms with Crippen LogP contribution in [0.3, 0.4) is 0 Å². The maximum Gasteiger partial charge on any atom is 0.266 e. The number of aromatic nitrogens is 2. The van der Waals surface area contributed by atoms with Crippen molar-refractivity contribution in [2.24, 2.45) is 0 Å². The van der Waals surface area contributed by atoms with Crippen molar-refractivity contribution >= 4 is 11.7 Å². The lowest BCUT2D eigenvalue weighted by atomic mass is 10.0. The van der Waals surface area contributed by atoms with E-state index in [-0.39, 0.29) is 17.6 Å². The molecule has 2 aromatic carbocycles. The summed E-state index contributed by atoms with van der Waals surface area (Å²) in [6, 6.07) is 11.4. The molecule has 1 unspecified atom stereocenters. The van der Waals surface area contributed by atoms with E-state index in [9.17, 15) is 4.79 Å². The largest absolute Gasteiger partial charge is 0.490 e. The van der Waals surface area contributed by atoms with E-state index >= 15 is 0 Å². The van der Waals surface area contributed by atoms with Gasteiger partial charge in [0, 0.05) is 5.56 Å². The molecule has 0 fully saturated rings. The Labute approximate surface area is 194 Å². The molecule has 1 atom stereocenters. The first-order valence-electron chi connectivity index (χ1n) is 11.1. The molecule has 0 radical (unpaired) electrons. The van der Waals surface area contributed by atoms with Crippen molar-refractivity contribution in [3.05, 3.63) is 47.5 Å². The predicted octanol–water partition coefficient (Wildman–Crippen LogP) is 5.37. The standard InChI is InChI=1S/C25H31N3O5/c1-7-30-20-12-10-18(14-22(20)31-8-2)23-24(28-33-27-23)26-25(29)17(6)32-21-13-16(5)9-11-19(21)15(3)4/h9-15,17H,7-8H2,1-6H3,(H,26,28,29). The molecule has 1 N–H and O–H groups in total. The first kappa shape index (κ1) is 24.1. The van der Waals surface area contributed by atoms with Gasteiger partial charge in [-0.3, -0.25) is 4.79 Å². The molecular weight excluding hydrogens is 422 g/mol. The van der Waals surface area contributed by atoms with Crippen LogP contribution >= 0.6 is 0 Å². The second-order valence-electron chi connectivity index (χ2n) is 7.93. The average molecular weight is 454 g/mol. The summed E-state index contributed by atoms with van der Waals surface area (Å²) in [6.07, 6.45) is -0.756. The van der Waals surface area contributed by atoms with Crippen molar-refractivity contribution in [2.75, 3.05) is 18.5 Å². The van der Waals surface area contributed by atoms with Gasteiger partial charge in [0.25, 0.3) is 5.91 Å². The smallest absolute Gasteiger partial charge is 0.266 e. The molecule has 0 saturated heterocycles. The summed E-state index contributed by atoms with van der Waals surface area (Å²) < 4.78 is 22.2. The summed E-state index contributed by atoms with van der Waals surface area (Å²) >= 11 is 0. The lowest BCUT2D eigenvalue weighted by Crippen LogP contribution is -2.30. The second kappa shape index (κ2) is 10.8. The zero-order chi connectivity index (χ0) is 24.0. The van der Waals surface area contributed by atoms with Crippen LogP contribution < -0.4 is 19.5 Å². The van der Waals surface area contributed by atoms with Crippen molar-refractivity contribution in [1.82, 2.24) is 10.3 Å². The van der Waals surface area contributed by atoms with Crippen molar-refractivity contribution < 1.29 is 23.6 Å². The summed E-state index contributed by atoms with van der Waals surface area (Å²) in [5.41, 5.74) is 3.17. The van der Waals surface area contributed by atoms with Gasteiger partial charge in [0.05, 0.1) is 13.2 Å². The summed E-state index contributed by atoms with van der Waals surface area (Å²) in [5, 5.41) is 10.6.